The first-order valence-electron chi connectivity index (χ1n) is 5.45. The fourth-order valence-electron chi connectivity index (χ4n) is 1.70. The normalized spacial score (nSPS) is 18.8. The van der Waals surface area contributed by atoms with Gasteiger partial charge in [0.2, 0.25) is 0 Å². The van der Waals surface area contributed by atoms with Gasteiger partial charge in [0, 0.05) is 29.1 Å². The lowest BCUT2D eigenvalue weighted by Crippen LogP contribution is -2.48. The highest BCUT2D eigenvalue weighted by atomic mass is 35.5. The average molecular weight is 250 g/mol. The van der Waals surface area contributed by atoms with Crippen molar-refractivity contribution in [2.45, 2.75) is 13.8 Å². The topological polar surface area (TPSA) is 42.2 Å². The summed E-state index contributed by atoms with van der Waals surface area (Å²) in [5.41, 5.74) is 1.26. The van der Waals surface area contributed by atoms with Gasteiger partial charge in [0.05, 0.1) is 11.6 Å². The summed E-state index contributed by atoms with van der Waals surface area (Å²) in [5, 5.41) is 9.62. The van der Waals surface area contributed by atoms with E-state index in [9.17, 15) is 0 Å². The largest absolute Gasteiger partial charge is 0.495 e. The molecule has 0 unspecified atom stereocenters. The van der Waals surface area contributed by atoms with E-state index in [1.54, 1.807) is 18.2 Å². The van der Waals surface area contributed by atoms with Crippen LogP contribution in [0.15, 0.2) is 18.2 Å². The van der Waals surface area contributed by atoms with Crippen LogP contribution in [0.3, 0.4) is 0 Å². The van der Waals surface area contributed by atoms with Gasteiger partial charge in [-0.2, -0.15) is 5.26 Å². The van der Waals surface area contributed by atoms with Crippen LogP contribution in [-0.4, -0.2) is 20.3 Å². The van der Waals surface area contributed by atoms with Crippen LogP contribution in [0.5, 0.6) is 0 Å². The third kappa shape index (κ3) is 2.81. The molecule has 5 heteroatoms. The van der Waals surface area contributed by atoms with Crippen LogP contribution in [0.25, 0.3) is 0 Å². The van der Waals surface area contributed by atoms with Crippen molar-refractivity contribution in [3.8, 4) is 6.07 Å². The molecule has 0 aliphatic carbocycles. The molecule has 1 aromatic rings. The molecule has 1 aliphatic rings. The third-order valence-electron chi connectivity index (χ3n) is 2.64. The summed E-state index contributed by atoms with van der Waals surface area (Å²) in [5.74, 6) is 0. The Morgan fingerprint density at radius 2 is 2.00 bits per heavy atom. The third-order valence-corrected chi connectivity index (χ3v) is 2.87. The molecular formula is C12H13BClNO2. The Kier molecular flexibility index (Phi) is 3.44. The van der Waals surface area contributed by atoms with E-state index in [-0.39, 0.29) is 5.41 Å². The highest BCUT2D eigenvalue weighted by Crippen LogP contribution is 2.22. The second-order valence-electron chi connectivity index (χ2n) is 4.96. The number of benzene rings is 1. The van der Waals surface area contributed by atoms with Gasteiger partial charge < -0.3 is 9.31 Å². The minimum absolute atomic E-state index is 0.0158. The smallest absolute Gasteiger partial charge is 0.407 e. The summed E-state index contributed by atoms with van der Waals surface area (Å²) in [7, 11) is -0.489. The number of hydrogen-bond donors (Lipinski definition) is 0. The summed E-state index contributed by atoms with van der Waals surface area (Å²) in [6.07, 6.45) is 0. The van der Waals surface area contributed by atoms with E-state index in [4.69, 9.17) is 26.2 Å². The van der Waals surface area contributed by atoms with Crippen LogP contribution in [0.2, 0.25) is 5.02 Å². The standard InChI is InChI=1S/C12H13BClNO2/c1-12(2)7-16-13(17-8-12)11-5-10(14)4-3-9(11)6-15/h3-5H,7-8H2,1-2H3. The molecule has 17 heavy (non-hydrogen) atoms. The Morgan fingerprint density at radius 1 is 1.35 bits per heavy atom. The molecule has 0 spiro atoms. The van der Waals surface area contributed by atoms with Crippen molar-refractivity contribution in [2.75, 3.05) is 13.2 Å². The van der Waals surface area contributed by atoms with Crippen LogP contribution in [0, 0.1) is 16.7 Å². The van der Waals surface area contributed by atoms with Crippen molar-refractivity contribution in [3.63, 3.8) is 0 Å². The fourth-order valence-corrected chi connectivity index (χ4v) is 1.88. The Bertz CT molecular complexity index is 460. The molecular weight excluding hydrogens is 236 g/mol. The number of nitriles is 1. The highest BCUT2D eigenvalue weighted by molar-refractivity contribution is 6.62. The van der Waals surface area contributed by atoms with Gasteiger partial charge in [0.25, 0.3) is 0 Å². The van der Waals surface area contributed by atoms with Gasteiger partial charge in [-0.25, -0.2) is 0 Å². The number of nitrogens with zero attached hydrogens (tertiary/aromatic N) is 1. The Hall–Kier alpha value is -1.02. The zero-order valence-corrected chi connectivity index (χ0v) is 10.6. The van der Waals surface area contributed by atoms with E-state index in [1.165, 1.54) is 0 Å². The van der Waals surface area contributed by atoms with Crippen molar-refractivity contribution in [1.29, 1.82) is 5.26 Å². The maximum Gasteiger partial charge on any atom is 0.495 e. The molecule has 1 saturated heterocycles. The second-order valence-corrected chi connectivity index (χ2v) is 5.40. The van der Waals surface area contributed by atoms with Crippen molar-refractivity contribution in [3.05, 3.63) is 28.8 Å². The quantitative estimate of drug-likeness (QED) is 0.715. The SMILES string of the molecule is CC1(C)COB(c2cc(Cl)ccc2C#N)OC1. The van der Waals surface area contributed by atoms with E-state index >= 15 is 0 Å². The van der Waals surface area contributed by atoms with Gasteiger partial charge in [0.15, 0.2) is 0 Å². The van der Waals surface area contributed by atoms with E-state index in [2.05, 4.69) is 19.9 Å². The molecule has 1 heterocycles. The first kappa shape index (κ1) is 12.4. The molecule has 2 rings (SSSR count). The van der Waals surface area contributed by atoms with Crippen LogP contribution < -0.4 is 5.46 Å². The molecule has 0 aromatic heterocycles. The first-order chi connectivity index (χ1) is 8.02. The Morgan fingerprint density at radius 3 is 2.59 bits per heavy atom. The maximum atomic E-state index is 9.04. The van der Waals surface area contributed by atoms with Gasteiger partial charge in [-0.1, -0.05) is 25.4 Å². The fraction of sp³-hybridized carbons (Fsp3) is 0.417. The zero-order valence-electron chi connectivity index (χ0n) is 9.87. The summed E-state index contributed by atoms with van der Waals surface area (Å²) in [6.45, 7) is 5.36. The molecule has 0 N–H and O–H groups in total. The Balaban J connectivity index is 2.24. The summed E-state index contributed by atoms with van der Waals surface area (Å²) in [4.78, 5) is 0. The number of halogens is 1. The first-order valence-corrected chi connectivity index (χ1v) is 5.82. The lowest BCUT2D eigenvalue weighted by Gasteiger charge is -2.33. The van der Waals surface area contributed by atoms with Crippen LogP contribution >= 0.6 is 11.6 Å². The molecule has 3 nitrogen and oxygen atoms in total. The van der Waals surface area contributed by atoms with Gasteiger partial charge in [0.1, 0.15) is 0 Å². The predicted octanol–water partition coefficient (Wildman–Crippen LogP) is 1.98. The van der Waals surface area contributed by atoms with E-state index in [1.807, 2.05) is 0 Å². The van der Waals surface area contributed by atoms with Gasteiger partial charge in [-0.15, -0.1) is 0 Å². The number of hydrogen-bond acceptors (Lipinski definition) is 3. The average Bonchev–Trinajstić information content (AvgIpc) is 2.29. The van der Waals surface area contributed by atoms with Gasteiger partial charge >= 0.3 is 7.12 Å². The minimum Gasteiger partial charge on any atom is -0.407 e. The van der Waals surface area contributed by atoms with Gasteiger partial charge in [-0.3, -0.25) is 0 Å². The molecule has 88 valence electrons. The lowest BCUT2D eigenvalue weighted by atomic mass is 9.73. The number of rotatable bonds is 1. The van der Waals surface area contributed by atoms with Crippen molar-refractivity contribution in [2.24, 2.45) is 5.41 Å². The molecule has 0 bridgehead atoms. The predicted molar refractivity (Wildman–Crippen MR) is 67.2 cm³/mol. The molecule has 0 saturated carbocycles. The van der Waals surface area contributed by atoms with Crippen LogP contribution in [0.4, 0.5) is 0 Å². The maximum absolute atomic E-state index is 9.04. The van der Waals surface area contributed by atoms with Crippen molar-refractivity contribution < 1.29 is 9.31 Å². The molecule has 1 fully saturated rings. The highest BCUT2D eigenvalue weighted by Gasteiger charge is 2.34. The van der Waals surface area contributed by atoms with Gasteiger partial charge in [-0.05, 0) is 18.2 Å². The second kappa shape index (κ2) is 4.69. The van der Waals surface area contributed by atoms with Crippen molar-refractivity contribution >= 4 is 24.2 Å². The van der Waals surface area contributed by atoms with E-state index in [0.29, 0.717) is 29.3 Å². The summed E-state index contributed by atoms with van der Waals surface area (Å²) in [6, 6.07) is 7.22. The molecule has 1 aromatic carbocycles. The minimum atomic E-state index is -0.489. The van der Waals surface area contributed by atoms with E-state index < -0.39 is 7.12 Å². The lowest BCUT2D eigenvalue weighted by molar-refractivity contribution is 0.0343. The van der Waals surface area contributed by atoms with Crippen LogP contribution in [0.1, 0.15) is 19.4 Å². The Labute approximate surface area is 106 Å². The molecule has 0 atom stereocenters. The zero-order chi connectivity index (χ0) is 12.5. The monoisotopic (exact) mass is 249 g/mol. The summed E-state index contributed by atoms with van der Waals surface area (Å²) < 4.78 is 11.3. The molecule has 0 radical (unpaired) electrons. The molecule has 1 aliphatic heterocycles. The molecule has 0 amide bonds. The van der Waals surface area contributed by atoms with Crippen molar-refractivity contribution in [1.82, 2.24) is 0 Å². The van der Waals surface area contributed by atoms with Crippen LogP contribution in [-0.2, 0) is 9.31 Å². The van der Waals surface area contributed by atoms with E-state index in [0.717, 1.165) is 0 Å². The summed E-state index contributed by atoms with van der Waals surface area (Å²) >= 11 is 5.93.